The zero-order chi connectivity index (χ0) is 26.1. The van der Waals surface area contributed by atoms with Crippen LogP contribution < -0.4 is 4.74 Å². The van der Waals surface area contributed by atoms with Gasteiger partial charge in [-0.1, -0.05) is 12.1 Å². The lowest BCUT2D eigenvalue weighted by atomic mass is 9.95. The number of aromatic nitrogens is 1. The third-order valence-corrected chi connectivity index (χ3v) is 6.55. The van der Waals surface area contributed by atoms with Gasteiger partial charge in [-0.2, -0.15) is 0 Å². The molecule has 3 heterocycles. The molecular weight excluding hydrogens is 472 g/mol. The highest BCUT2D eigenvalue weighted by Gasteiger charge is 2.46. The monoisotopic (exact) mass is 498 g/mol. The van der Waals surface area contributed by atoms with Crippen LogP contribution in [0.5, 0.6) is 5.75 Å². The number of benzene rings is 2. The Morgan fingerprint density at radius 1 is 1.08 bits per heavy atom. The van der Waals surface area contributed by atoms with E-state index >= 15 is 0 Å². The van der Waals surface area contributed by atoms with Gasteiger partial charge < -0.3 is 19.5 Å². The van der Waals surface area contributed by atoms with Crippen molar-refractivity contribution < 1.29 is 29.0 Å². The highest BCUT2D eigenvalue weighted by Crippen LogP contribution is 2.41. The summed E-state index contributed by atoms with van der Waals surface area (Å²) in [4.78, 5) is 44.0. The number of hydrogen-bond donors (Lipinski definition) is 1. The van der Waals surface area contributed by atoms with E-state index in [-0.39, 0.29) is 30.6 Å². The Bertz CT molecular complexity index is 1400. The summed E-state index contributed by atoms with van der Waals surface area (Å²) < 4.78 is 10.8. The number of ether oxygens (including phenoxy) is 2. The number of fused-ring (bicyclic) bond motifs is 1. The number of nitrogens with zero attached hydrogens (tertiary/aromatic N) is 2. The number of ketones is 1. The maximum absolute atomic E-state index is 13.3. The molecule has 2 unspecified atom stereocenters. The summed E-state index contributed by atoms with van der Waals surface area (Å²) in [6.07, 6.45) is 3.89. The van der Waals surface area contributed by atoms with Gasteiger partial charge >= 0.3 is 5.97 Å². The van der Waals surface area contributed by atoms with Gasteiger partial charge in [-0.05, 0) is 73.0 Å². The molecule has 1 fully saturated rings. The van der Waals surface area contributed by atoms with E-state index in [1.165, 1.54) is 4.90 Å². The third-order valence-electron chi connectivity index (χ3n) is 6.55. The summed E-state index contributed by atoms with van der Waals surface area (Å²) in [5, 5.41) is 11.3. The van der Waals surface area contributed by atoms with E-state index in [2.05, 4.69) is 4.98 Å². The molecule has 1 amide bonds. The number of amides is 1. The van der Waals surface area contributed by atoms with E-state index in [9.17, 15) is 19.5 Å². The minimum atomic E-state index is -0.809. The van der Waals surface area contributed by atoms with Gasteiger partial charge in [0.05, 0.1) is 23.8 Å². The molecule has 0 aliphatic carbocycles. The predicted octanol–water partition coefficient (Wildman–Crippen LogP) is 4.20. The lowest BCUT2D eigenvalue weighted by molar-refractivity contribution is -0.140. The van der Waals surface area contributed by atoms with Crippen LogP contribution in [0.4, 0.5) is 0 Å². The summed E-state index contributed by atoms with van der Waals surface area (Å²) in [6, 6.07) is 14.6. The smallest absolute Gasteiger partial charge is 0.338 e. The van der Waals surface area contributed by atoms with Crippen molar-refractivity contribution in [2.45, 2.75) is 39.0 Å². The van der Waals surface area contributed by atoms with Crippen LogP contribution in [0.2, 0.25) is 0 Å². The first kappa shape index (κ1) is 24.2. The number of likely N-dealkylation sites (tertiary alicyclic amines) is 1. The summed E-state index contributed by atoms with van der Waals surface area (Å²) in [5.41, 5.74) is 3.18. The molecule has 1 aromatic heterocycles. The molecule has 188 valence electrons. The Balaban J connectivity index is 1.53. The summed E-state index contributed by atoms with van der Waals surface area (Å²) in [6.45, 7) is 4.08. The molecule has 0 radical (unpaired) electrons. The molecular formula is C29H26N2O6. The van der Waals surface area contributed by atoms with E-state index in [1.54, 1.807) is 73.9 Å². The number of aliphatic hydroxyl groups is 1. The van der Waals surface area contributed by atoms with Gasteiger partial charge in [-0.25, -0.2) is 4.79 Å². The summed E-state index contributed by atoms with van der Waals surface area (Å²) >= 11 is 0. The van der Waals surface area contributed by atoms with Crippen LogP contribution in [0.15, 0.2) is 72.6 Å². The molecule has 0 bridgehead atoms. The van der Waals surface area contributed by atoms with E-state index in [1.807, 2.05) is 6.92 Å². The Morgan fingerprint density at radius 2 is 1.78 bits per heavy atom. The number of esters is 1. The maximum Gasteiger partial charge on any atom is 0.338 e. The van der Waals surface area contributed by atoms with Crippen molar-refractivity contribution in [1.29, 1.82) is 0 Å². The minimum Gasteiger partial charge on any atom is -0.507 e. The molecule has 2 atom stereocenters. The van der Waals surface area contributed by atoms with Crippen molar-refractivity contribution in [1.82, 2.24) is 9.88 Å². The lowest BCUT2D eigenvalue weighted by Gasteiger charge is -2.25. The van der Waals surface area contributed by atoms with E-state index < -0.39 is 23.7 Å². The van der Waals surface area contributed by atoms with Crippen molar-refractivity contribution in [3.63, 3.8) is 0 Å². The van der Waals surface area contributed by atoms with Gasteiger partial charge in [-0.3, -0.25) is 14.6 Å². The van der Waals surface area contributed by atoms with E-state index in [0.29, 0.717) is 23.1 Å². The first-order valence-electron chi connectivity index (χ1n) is 12.1. The van der Waals surface area contributed by atoms with Gasteiger partial charge in [0.25, 0.3) is 11.7 Å². The topological polar surface area (TPSA) is 106 Å². The molecule has 1 N–H and O–H groups in total. The molecule has 2 aliphatic rings. The second-order valence-corrected chi connectivity index (χ2v) is 9.08. The molecule has 2 aromatic carbocycles. The molecule has 8 nitrogen and oxygen atoms in total. The molecule has 1 saturated heterocycles. The summed E-state index contributed by atoms with van der Waals surface area (Å²) in [5.74, 6) is -1.38. The van der Waals surface area contributed by atoms with Gasteiger partial charge in [0.15, 0.2) is 0 Å². The van der Waals surface area contributed by atoms with E-state index in [0.717, 1.165) is 16.9 Å². The number of aliphatic hydroxyl groups excluding tert-OH is 1. The van der Waals surface area contributed by atoms with E-state index in [4.69, 9.17) is 9.47 Å². The SMILES string of the molecule is CCOC(=O)c1ccc(CN2C(=O)C(=O)/C(=C(\O)c3ccc4c(c3)CC(C)O4)C2c2ccncc2)cc1. The third kappa shape index (κ3) is 4.58. The normalized spacial score (nSPS) is 20.0. The molecule has 5 rings (SSSR count). The average molecular weight is 499 g/mol. The number of hydrogen-bond acceptors (Lipinski definition) is 7. The van der Waals surface area contributed by atoms with Gasteiger partial charge in [0.1, 0.15) is 17.6 Å². The first-order valence-corrected chi connectivity index (χ1v) is 12.1. The van der Waals surface area contributed by atoms with Gasteiger partial charge in [-0.15, -0.1) is 0 Å². The molecule has 0 spiro atoms. The standard InChI is InChI=1S/C29H26N2O6/c1-3-36-29(35)20-6-4-18(5-7-20)16-31-25(19-10-12-30-13-11-19)24(27(33)28(31)34)26(32)21-8-9-23-22(15-21)14-17(2)37-23/h4-13,15,17,25,32H,3,14,16H2,1-2H3/b26-24-. The highest BCUT2D eigenvalue weighted by molar-refractivity contribution is 6.46. The van der Waals surface area contributed by atoms with Crippen LogP contribution in [0.25, 0.3) is 5.76 Å². The number of rotatable bonds is 6. The molecule has 37 heavy (non-hydrogen) atoms. The lowest BCUT2D eigenvalue weighted by Crippen LogP contribution is -2.29. The number of pyridine rings is 1. The van der Waals surface area contributed by atoms with Crippen LogP contribution in [0.3, 0.4) is 0 Å². The Labute approximate surface area is 214 Å². The predicted molar refractivity (Wildman–Crippen MR) is 135 cm³/mol. The number of carbonyl (C=O) groups is 3. The molecule has 8 heteroatoms. The van der Waals surface area contributed by atoms with Crippen LogP contribution in [0.1, 0.15) is 52.5 Å². The molecule has 3 aromatic rings. The molecule has 2 aliphatic heterocycles. The van der Waals surface area contributed by atoms with Crippen molar-refractivity contribution in [3.05, 3.63) is 100 Å². The van der Waals surface area contributed by atoms with Crippen molar-refractivity contribution >= 4 is 23.4 Å². The molecule has 0 saturated carbocycles. The van der Waals surface area contributed by atoms with Crippen molar-refractivity contribution in [2.24, 2.45) is 0 Å². The van der Waals surface area contributed by atoms with Crippen LogP contribution in [0, 0.1) is 0 Å². The fraction of sp³-hybridized carbons (Fsp3) is 0.241. The van der Waals surface area contributed by atoms with Gasteiger partial charge in [0.2, 0.25) is 0 Å². The minimum absolute atomic E-state index is 0.0197. The van der Waals surface area contributed by atoms with Crippen molar-refractivity contribution in [2.75, 3.05) is 6.61 Å². The van der Waals surface area contributed by atoms with Gasteiger partial charge in [0, 0.05) is 30.9 Å². The zero-order valence-electron chi connectivity index (χ0n) is 20.5. The fourth-order valence-electron chi connectivity index (χ4n) is 4.82. The maximum atomic E-state index is 13.3. The zero-order valence-corrected chi connectivity index (χ0v) is 20.5. The van der Waals surface area contributed by atoms with Crippen LogP contribution in [-0.2, 0) is 27.3 Å². The number of Topliss-reactive ketones (excluding diaryl/α,β-unsaturated/α-hetero) is 1. The van der Waals surface area contributed by atoms with Crippen LogP contribution >= 0.6 is 0 Å². The Morgan fingerprint density at radius 3 is 2.49 bits per heavy atom. The Kier molecular flexibility index (Phi) is 6.48. The summed E-state index contributed by atoms with van der Waals surface area (Å²) in [7, 11) is 0. The second kappa shape index (κ2) is 9.89. The largest absolute Gasteiger partial charge is 0.507 e. The van der Waals surface area contributed by atoms with Crippen LogP contribution in [-0.4, -0.2) is 45.4 Å². The first-order chi connectivity index (χ1) is 17.9. The second-order valence-electron chi connectivity index (χ2n) is 9.08. The Hall–Kier alpha value is -4.46. The average Bonchev–Trinajstić information content (AvgIpc) is 3.40. The quantitative estimate of drug-likeness (QED) is 0.235. The number of carbonyl (C=O) groups excluding carboxylic acids is 3. The highest BCUT2D eigenvalue weighted by atomic mass is 16.5. The van der Waals surface area contributed by atoms with Crippen molar-refractivity contribution in [3.8, 4) is 5.75 Å². The fourth-order valence-corrected chi connectivity index (χ4v) is 4.82.